The molecule has 1 aliphatic carbocycles. The Kier molecular flexibility index (Phi) is 3.02. The Bertz CT molecular complexity index is 337. The van der Waals surface area contributed by atoms with Crippen molar-refractivity contribution in [3.63, 3.8) is 0 Å². The molecule has 2 unspecified atom stereocenters. The van der Waals surface area contributed by atoms with Gasteiger partial charge < -0.3 is 10.4 Å². The van der Waals surface area contributed by atoms with Gasteiger partial charge in [0.2, 0.25) is 0 Å². The van der Waals surface area contributed by atoms with Gasteiger partial charge in [-0.25, -0.2) is 0 Å². The van der Waals surface area contributed by atoms with Gasteiger partial charge in [-0.3, -0.25) is 4.79 Å². The van der Waals surface area contributed by atoms with Crippen molar-refractivity contribution in [2.45, 2.75) is 31.4 Å². The lowest BCUT2D eigenvalue weighted by atomic mass is 10.1. The first-order chi connectivity index (χ1) is 7.27. The van der Waals surface area contributed by atoms with Crippen LogP contribution < -0.4 is 5.32 Å². The zero-order valence-electron chi connectivity index (χ0n) is 8.52. The summed E-state index contributed by atoms with van der Waals surface area (Å²) < 4.78 is 0. The van der Waals surface area contributed by atoms with Crippen molar-refractivity contribution in [3.05, 3.63) is 35.9 Å². The molecule has 3 nitrogen and oxygen atoms in total. The summed E-state index contributed by atoms with van der Waals surface area (Å²) in [5.41, 5.74) is 0.650. The summed E-state index contributed by atoms with van der Waals surface area (Å²) in [7, 11) is 0. The average Bonchev–Trinajstić information content (AvgIpc) is 2.66. The molecule has 15 heavy (non-hydrogen) atoms. The molecule has 1 fully saturated rings. The van der Waals surface area contributed by atoms with Crippen LogP contribution in [0.1, 0.15) is 29.6 Å². The SMILES string of the molecule is O=C(NC1CCCC1O)c1ccccc1. The third-order valence-electron chi connectivity index (χ3n) is 2.83. The highest BCUT2D eigenvalue weighted by molar-refractivity contribution is 5.94. The van der Waals surface area contributed by atoms with Crippen molar-refractivity contribution in [2.24, 2.45) is 0 Å². The standard InChI is InChI=1S/C12H15NO2/c14-11-8-4-7-10(11)13-12(15)9-5-2-1-3-6-9/h1-3,5-6,10-11,14H,4,7-8H2,(H,13,15). The van der Waals surface area contributed by atoms with Crippen LogP contribution in [0.3, 0.4) is 0 Å². The van der Waals surface area contributed by atoms with Crippen molar-refractivity contribution in [1.82, 2.24) is 5.32 Å². The summed E-state index contributed by atoms with van der Waals surface area (Å²) in [6.45, 7) is 0. The molecule has 1 aromatic carbocycles. The van der Waals surface area contributed by atoms with E-state index in [0.717, 1.165) is 19.3 Å². The zero-order chi connectivity index (χ0) is 10.7. The van der Waals surface area contributed by atoms with Crippen LogP contribution in [-0.4, -0.2) is 23.2 Å². The number of carbonyl (C=O) groups is 1. The second-order valence-electron chi connectivity index (χ2n) is 3.94. The maximum atomic E-state index is 11.7. The fourth-order valence-electron chi connectivity index (χ4n) is 1.95. The number of carbonyl (C=O) groups excluding carboxylic acids is 1. The molecule has 0 saturated heterocycles. The number of aliphatic hydroxyl groups excluding tert-OH is 1. The molecule has 0 bridgehead atoms. The number of amides is 1. The Labute approximate surface area is 89.1 Å². The second-order valence-corrected chi connectivity index (χ2v) is 3.94. The Hall–Kier alpha value is -1.35. The summed E-state index contributed by atoms with van der Waals surface area (Å²) in [5, 5.41) is 12.4. The molecule has 2 N–H and O–H groups in total. The van der Waals surface area contributed by atoms with Crippen LogP contribution >= 0.6 is 0 Å². The Morgan fingerprint density at radius 3 is 2.60 bits per heavy atom. The monoisotopic (exact) mass is 205 g/mol. The van der Waals surface area contributed by atoms with Crippen molar-refractivity contribution < 1.29 is 9.90 Å². The second kappa shape index (κ2) is 4.45. The van der Waals surface area contributed by atoms with E-state index >= 15 is 0 Å². The predicted octanol–water partition coefficient (Wildman–Crippen LogP) is 1.33. The number of rotatable bonds is 2. The fourth-order valence-corrected chi connectivity index (χ4v) is 1.95. The molecule has 3 heteroatoms. The smallest absolute Gasteiger partial charge is 0.251 e. The molecular formula is C12H15NO2. The molecule has 1 aliphatic rings. The van der Waals surface area contributed by atoms with E-state index in [1.807, 2.05) is 18.2 Å². The molecule has 80 valence electrons. The molecule has 0 aromatic heterocycles. The summed E-state index contributed by atoms with van der Waals surface area (Å²) in [6, 6.07) is 9.02. The molecular weight excluding hydrogens is 190 g/mol. The van der Waals surface area contributed by atoms with Crippen LogP contribution in [0.25, 0.3) is 0 Å². The Balaban J connectivity index is 1.98. The van der Waals surface area contributed by atoms with Crippen LogP contribution in [0.15, 0.2) is 30.3 Å². The minimum atomic E-state index is -0.377. The van der Waals surface area contributed by atoms with E-state index in [-0.39, 0.29) is 18.1 Å². The first-order valence-electron chi connectivity index (χ1n) is 5.31. The van der Waals surface area contributed by atoms with Gasteiger partial charge in [0.15, 0.2) is 0 Å². The van der Waals surface area contributed by atoms with E-state index in [0.29, 0.717) is 5.56 Å². The van der Waals surface area contributed by atoms with Gasteiger partial charge in [-0.15, -0.1) is 0 Å². The lowest BCUT2D eigenvalue weighted by Crippen LogP contribution is -2.39. The van der Waals surface area contributed by atoms with Crippen LogP contribution in [0.2, 0.25) is 0 Å². The summed E-state index contributed by atoms with van der Waals surface area (Å²) in [5.74, 6) is -0.0958. The van der Waals surface area contributed by atoms with Gasteiger partial charge >= 0.3 is 0 Å². The van der Waals surface area contributed by atoms with Gasteiger partial charge in [-0.2, -0.15) is 0 Å². The number of aliphatic hydroxyl groups is 1. The summed E-state index contributed by atoms with van der Waals surface area (Å²) in [4.78, 5) is 11.7. The molecule has 2 rings (SSSR count). The lowest BCUT2D eigenvalue weighted by Gasteiger charge is -2.16. The van der Waals surface area contributed by atoms with Crippen LogP contribution in [-0.2, 0) is 0 Å². The third kappa shape index (κ3) is 2.36. The minimum Gasteiger partial charge on any atom is -0.391 e. The average molecular weight is 205 g/mol. The topological polar surface area (TPSA) is 49.3 Å². The maximum Gasteiger partial charge on any atom is 0.251 e. The maximum absolute atomic E-state index is 11.7. The number of hydrogen-bond donors (Lipinski definition) is 2. The predicted molar refractivity (Wildman–Crippen MR) is 57.6 cm³/mol. The van der Waals surface area contributed by atoms with Gasteiger partial charge in [0.25, 0.3) is 5.91 Å². The molecule has 0 spiro atoms. The highest BCUT2D eigenvalue weighted by atomic mass is 16.3. The van der Waals surface area contributed by atoms with Crippen molar-refractivity contribution in [3.8, 4) is 0 Å². The van der Waals surface area contributed by atoms with Crippen molar-refractivity contribution in [2.75, 3.05) is 0 Å². The van der Waals surface area contributed by atoms with E-state index in [1.54, 1.807) is 12.1 Å². The number of benzene rings is 1. The first kappa shape index (κ1) is 10.2. The summed E-state index contributed by atoms with van der Waals surface area (Å²) >= 11 is 0. The van der Waals surface area contributed by atoms with Gasteiger partial charge in [0, 0.05) is 5.56 Å². The minimum absolute atomic E-state index is 0.0716. The number of nitrogens with one attached hydrogen (secondary N) is 1. The molecule has 0 heterocycles. The highest BCUT2D eigenvalue weighted by Gasteiger charge is 2.26. The molecule has 1 saturated carbocycles. The molecule has 0 radical (unpaired) electrons. The van der Waals surface area contributed by atoms with Crippen LogP contribution in [0, 0.1) is 0 Å². The van der Waals surface area contributed by atoms with Crippen LogP contribution in [0.4, 0.5) is 0 Å². The van der Waals surface area contributed by atoms with Gasteiger partial charge in [0.05, 0.1) is 12.1 Å². The highest BCUT2D eigenvalue weighted by Crippen LogP contribution is 2.19. The Morgan fingerprint density at radius 1 is 1.27 bits per heavy atom. The van der Waals surface area contributed by atoms with E-state index in [1.165, 1.54) is 0 Å². The first-order valence-corrected chi connectivity index (χ1v) is 5.31. The summed E-state index contributed by atoms with van der Waals surface area (Å²) in [6.07, 6.45) is 2.28. The van der Waals surface area contributed by atoms with E-state index in [9.17, 15) is 9.90 Å². The number of hydrogen-bond acceptors (Lipinski definition) is 2. The van der Waals surface area contributed by atoms with Crippen molar-refractivity contribution >= 4 is 5.91 Å². The van der Waals surface area contributed by atoms with Crippen molar-refractivity contribution in [1.29, 1.82) is 0 Å². The van der Waals surface area contributed by atoms with E-state index in [4.69, 9.17) is 0 Å². The van der Waals surface area contributed by atoms with Gasteiger partial charge in [0.1, 0.15) is 0 Å². The Morgan fingerprint density at radius 2 is 2.00 bits per heavy atom. The van der Waals surface area contributed by atoms with E-state index < -0.39 is 0 Å². The quantitative estimate of drug-likeness (QED) is 0.765. The van der Waals surface area contributed by atoms with E-state index in [2.05, 4.69) is 5.32 Å². The molecule has 0 aliphatic heterocycles. The normalized spacial score (nSPS) is 25.1. The third-order valence-corrected chi connectivity index (χ3v) is 2.83. The largest absolute Gasteiger partial charge is 0.391 e. The molecule has 1 aromatic rings. The zero-order valence-corrected chi connectivity index (χ0v) is 8.52. The fraction of sp³-hybridized carbons (Fsp3) is 0.417. The lowest BCUT2D eigenvalue weighted by molar-refractivity contribution is 0.0873. The van der Waals surface area contributed by atoms with Crippen LogP contribution in [0.5, 0.6) is 0 Å². The molecule has 2 atom stereocenters. The molecule has 1 amide bonds. The van der Waals surface area contributed by atoms with Gasteiger partial charge in [-0.05, 0) is 31.4 Å². The van der Waals surface area contributed by atoms with Gasteiger partial charge in [-0.1, -0.05) is 18.2 Å².